The van der Waals surface area contributed by atoms with E-state index < -0.39 is 0 Å². The lowest BCUT2D eigenvalue weighted by Gasteiger charge is -2.10. The Morgan fingerprint density at radius 1 is 0.963 bits per heavy atom. The van der Waals surface area contributed by atoms with Gasteiger partial charge in [-0.3, -0.25) is 4.79 Å². The number of aryl methyl sites for hydroxylation is 1. The van der Waals surface area contributed by atoms with Gasteiger partial charge >= 0.3 is 5.97 Å². The highest BCUT2D eigenvalue weighted by Gasteiger charge is 2.09. The molecule has 144 valence electrons. The van der Waals surface area contributed by atoms with E-state index in [0.29, 0.717) is 17.9 Å². The van der Waals surface area contributed by atoms with Crippen molar-refractivity contribution >= 4 is 17.6 Å². The lowest BCUT2D eigenvalue weighted by molar-refractivity contribution is -0.146. The Kier molecular flexibility index (Phi) is 8.36. The second-order valence-corrected chi connectivity index (χ2v) is 6.21. The molecule has 2 aromatic carbocycles. The van der Waals surface area contributed by atoms with Crippen molar-refractivity contribution in [1.82, 2.24) is 0 Å². The molecule has 5 nitrogen and oxygen atoms in total. The number of rotatable bonds is 10. The molecular weight excluding hydrogens is 342 g/mol. The Labute approximate surface area is 160 Å². The second kappa shape index (κ2) is 11.0. The summed E-state index contributed by atoms with van der Waals surface area (Å²) in [5, 5.41) is 2.93. The SMILES string of the molecule is CCCCCOC(=O)COc1ccc(C(=O)Nc2ccccc2CC)cc1. The Hall–Kier alpha value is -2.82. The molecule has 0 spiro atoms. The molecule has 1 amide bonds. The van der Waals surface area contributed by atoms with Gasteiger partial charge in [-0.2, -0.15) is 0 Å². The van der Waals surface area contributed by atoms with Crippen molar-refractivity contribution in [2.75, 3.05) is 18.5 Å². The normalized spacial score (nSPS) is 10.3. The van der Waals surface area contributed by atoms with Crippen LogP contribution in [0.15, 0.2) is 48.5 Å². The van der Waals surface area contributed by atoms with Crippen LogP contribution in [0.2, 0.25) is 0 Å². The van der Waals surface area contributed by atoms with Gasteiger partial charge in [-0.25, -0.2) is 4.79 Å². The van der Waals surface area contributed by atoms with Gasteiger partial charge in [0.05, 0.1) is 6.61 Å². The lowest BCUT2D eigenvalue weighted by Crippen LogP contribution is -2.16. The number of carbonyl (C=O) groups excluding carboxylic acids is 2. The summed E-state index contributed by atoms with van der Waals surface area (Å²) >= 11 is 0. The summed E-state index contributed by atoms with van der Waals surface area (Å²) in [7, 11) is 0. The number of hydrogen-bond donors (Lipinski definition) is 1. The van der Waals surface area contributed by atoms with Crippen LogP contribution in [0.5, 0.6) is 5.75 Å². The third kappa shape index (κ3) is 6.77. The molecule has 0 aromatic heterocycles. The Bertz CT molecular complexity index is 740. The van der Waals surface area contributed by atoms with Crippen LogP contribution in [-0.2, 0) is 16.0 Å². The number of amides is 1. The fraction of sp³-hybridized carbons (Fsp3) is 0.364. The number of hydrogen-bond acceptors (Lipinski definition) is 4. The van der Waals surface area contributed by atoms with E-state index in [0.717, 1.165) is 36.9 Å². The topological polar surface area (TPSA) is 64.6 Å². The molecule has 0 bridgehead atoms. The van der Waals surface area contributed by atoms with E-state index in [1.54, 1.807) is 24.3 Å². The zero-order valence-electron chi connectivity index (χ0n) is 16.0. The highest BCUT2D eigenvalue weighted by atomic mass is 16.6. The van der Waals surface area contributed by atoms with E-state index in [1.165, 1.54) is 0 Å². The number of unbranched alkanes of at least 4 members (excludes halogenated alkanes) is 2. The highest BCUT2D eigenvalue weighted by Crippen LogP contribution is 2.18. The molecule has 0 aliphatic carbocycles. The molecule has 0 aliphatic heterocycles. The molecule has 0 atom stereocenters. The molecule has 5 heteroatoms. The van der Waals surface area contributed by atoms with Crippen LogP contribution in [-0.4, -0.2) is 25.1 Å². The van der Waals surface area contributed by atoms with Gasteiger partial charge in [0, 0.05) is 11.3 Å². The largest absolute Gasteiger partial charge is 0.482 e. The number of esters is 1. The van der Waals surface area contributed by atoms with E-state index >= 15 is 0 Å². The fourth-order valence-electron chi connectivity index (χ4n) is 2.57. The molecule has 0 fully saturated rings. The maximum atomic E-state index is 12.4. The van der Waals surface area contributed by atoms with Crippen molar-refractivity contribution < 1.29 is 19.1 Å². The highest BCUT2D eigenvalue weighted by molar-refractivity contribution is 6.04. The number of benzene rings is 2. The van der Waals surface area contributed by atoms with E-state index in [9.17, 15) is 9.59 Å². The van der Waals surface area contributed by atoms with Crippen LogP contribution >= 0.6 is 0 Å². The minimum atomic E-state index is -0.385. The standard InChI is InChI=1S/C22H27NO4/c1-3-5-8-15-26-21(24)16-27-19-13-11-18(12-14-19)22(25)23-20-10-7-6-9-17(20)4-2/h6-7,9-14H,3-5,8,15-16H2,1-2H3,(H,23,25). The van der Waals surface area contributed by atoms with Crippen molar-refractivity contribution in [3.05, 3.63) is 59.7 Å². The molecule has 27 heavy (non-hydrogen) atoms. The van der Waals surface area contributed by atoms with Gasteiger partial charge in [0.2, 0.25) is 0 Å². The molecule has 2 aromatic rings. The van der Waals surface area contributed by atoms with Crippen LogP contribution in [0.4, 0.5) is 5.69 Å². The van der Waals surface area contributed by atoms with Crippen LogP contribution in [0.25, 0.3) is 0 Å². The minimum Gasteiger partial charge on any atom is -0.482 e. The van der Waals surface area contributed by atoms with Crippen LogP contribution in [0.3, 0.4) is 0 Å². The maximum Gasteiger partial charge on any atom is 0.344 e. The van der Waals surface area contributed by atoms with Crippen molar-refractivity contribution in [3.8, 4) is 5.75 Å². The third-order valence-corrected chi connectivity index (χ3v) is 4.13. The van der Waals surface area contributed by atoms with E-state index in [4.69, 9.17) is 9.47 Å². The summed E-state index contributed by atoms with van der Waals surface area (Å²) in [6.45, 7) is 4.43. The summed E-state index contributed by atoms with van der Waals surface area (Å²) < 4.78 is 10.5. The van der Waals surface area contributed by atoms with Crippen LogP contribution < -0.4 is 10.1 Å². The fourth-order valence-corrected chi connectivity index (χ4v) is 2.57. The molecule has 0 aliphatic rings. The van der Waals surface area contributed by atoms with Crippen molar-refractivity contribution in [2.24, 2.45) is 0 Å². The Morgan fingerprint density at radius 2 is 1.70 bits per heavy atom. The molecular formula is C22H27NO4. The van der Waals surface area contributed by atoms with E-state index in [1.807, 2.05) is 31.2 Å². The first kappa shape index (κ1) is 20.5. The molecule has 1 N–H and O–H groups in total. The summed E-state index contributed by atoms with van der Waals surface area (Å²) in [6.07, 6.45) is 3.84. The predicted octanol–water partition coefficient (Wildman–Crippen LogP) is 4.61. The molecule has 0 saturated heterocycles. The first-order valence-corrected chi connectivity index (χ1v) is 9.41. The molecule has 0 saturated carbocycles. The van der Waals surface area contributed by atoms with Gasteiger partial charge in [0.15, 0.2) is 6.61 Å². The number of para-hydroxylation sites is 1. The Morgan fingerprint density at radius 3 is 2.41 bits per heavy atom. The summed E-state index contributed by atoms with van der Waals surface area (Å²) in [4.78, 5) is 24.0. The average molecular weight is 369 g/mol. The zero-order valence-corrected chi connectivity index (χ0v) is 16.0. The van der Waals surface area contributed by atoms with E-state index in [-0.39, 0.29) is 18.5 Å². The average Bonchev–Trinajstić information content (AvgIpc) is 2.70. The van der Waals surface area contributed by atoms with Crippen LogP contribution in [0, 0.1) is 0 Å². The first-order chi connectivity index (χ1) is 13.1. The summed E-state index contributed by atoms with van der Waals surface area (Å²) in [6, 6.07) is 14.4. The number of nitrogens with one attached hydrogen (secondary N) is 1. The Balaban J connectivity index is 1.83. The van der Waals surface area contributed by atoms with Gasteiger partial charge in [0.25, 0.3) is 5.91 Å². The van der Waals surface area contributed by atoms with Gasteiger partial charge < -0.3 is 14.8 Å². The van der Waals surface area contributed by atoms with Gasteiger partial charge in [-0.15, -0.1) is 0 Å². The van der Waals surface area contributed by atoms with Crippen LogP contribution in [0.1, 0.15) is 49.0 Å². The van der Waals surface area contributed by atoms with Gasteiger partial charge in [0.1, 0.15) is 5.75 Å². The third-order valence-electron chi connectivity index (χ3n) is 4.13. The monoisotopic (exact) mass is 369 g/mol. The van der Waals surface area contributed by atoms with Crippen molar-refractivity contribution in [1.29, 1.82) is 0 Å². The number of carbonyl (C=O) groups is 2. The van der Waals surface area contributed by atoms with Crippen molar-refractivity contribution in [3.63, 3.8) is 0 Å². The second-order valence-electron chi connectivity index (χ2n) is 6.21. The molecule has 0 radical (unpaired) electrons. The smallest absolute Gasteiger partial charge is 0.344 e. The molecule has 2 rings (SSSR count). The predicted molar refractivity (Wildman–Crippen MR) is 106 cm³/mol. The van der Waals surface area contributed by atoms with Crippen molar-refractivity contribution in [2.45, 2.75) is 39.5 Å². The summed E-state index contributed by atoms with van der Waals surface area (Å²) in [5.74, 6) is -0.0482. The quantitative estimate of drug-likeness (QED) is 0.490. The number of ether oxygens (including phenoxy) is 2. The lowest BCUT2D eigenvalue weighted by atomic mass is 10.1. The maximum absolute atomic E-state index is 12.4. The molecule has 0 heterocycles. The zero-order chi connectivity index (χ0) is 19.5. The minimum absolute atomic E-state index is 0.137. The number of anilines is 1. The van der Waals surface area contributed by atoms with Gasteiger partial charge in [-0.1, -0.05) is 44.9 Å². The first-order valence-electron chi connectivity index (χ1n) is 9.41. The van der Waals surface area contributed by atoms with Gasteiger partial charge in [-0.05, 0) is 48.7 Å². The van der Waals surface area contributed by atoms with E-state index in [2.05, 4.69) is 12.2 Å². The summed E-state index contributed by atoms with van der Waals surface area (Å²) in [5.41, 5.74) is 2.43. The molecule has 0 unspecified atom stereocenters.